The molecular formula is C27H30N2O3. The molecule has 1 aliphatic rings. The number of carbonyl (C=O) groups is 2. The molecule has 5 heteroatoms. The van der Waals surface area contributed by atoms with Crippen LogP contribution in [0.5, 0.6) is 0 Å². The highest BCUT2D eigenvalue weighted by Crippen LogP contribution is 2.50. The van der Waals surface area contributed by atoms with Crippen molar-refractivity contribution in [2.75, 3.05) is 7.11 Å². The van der Waals surface area contributed by atoms with Crippen LogP contribution in [0.25, 0.3) is 0 Å². The molecule has 0 spiro atoms. The summed E-state index contributed by atoms with van der Waals surface area (Å²) in [6.45, 7) is 5.94. The van der Waals surface area contributed by atoms with E-state index >= 15 is 0 Å². The summed E-state index contributed by atoms with van der Waals surface area (Å²) < 4.78 is 4.96. The lowest BCUT2D eigenvalue weighted by atomic mass is 9.62. The SMILES string of the molecule is COC(=O)[C@H](C)N(Cc1ccccc1)C(=O)[C@]1(C#N)CC(C)=C(C)C[C@H]1c1ccccc1. The third-order valence-electron chi connectivity index (χ3n) is 6.63. The summed E-state index contributed by atoms with van der Waals surface area (Å²) in [4.78, 5) is 28.2. The highest BCUT2D eigenvalue weighted by molar-refractivity contribution is 5.91. The van der Waals surface area contributed by atoms with Crippen LogP contribution < -0.4 is 0 Å². The highest BCUT2D eigenvalue weighted by Gasteiger charge is 2.52. The Morgan fingerprint density at radius 3 is 2.25 bits per heavy atom. The van der Waals surface area contributed by atoms with Gasteiger partial charge in [0.1, 0.15) is 11.5 Å². The van der Waals surface area contributed by atoms with E-state index in [1.165, 1.54) is 17.6 Å². The van der Waals surface area contributed by atoms with E-state index in [1.807, 2.05) is 67.6 Å². The first kappa shape index (κ1) is 23.3. The first-order valence-electron chi connectivity index (χ1n) is 10.9. The average Bonchev–Trinajstić information content (AvgIpc) is 2.83. The topological polar surface area (TPSA) is 70.4 Å². The van der Waals surface area contributed by atoms with E-state index < -0.39 is 17.4 Å². The number of ether oxygens (including phenoxy) is 1. The van der Waals surface area contributed by atoms with Crippen molar-refractivity contribution in [3.05, 3.63) is 82.9 Å². The van der Waals surface area contributed by atoms with Gasteiger partial charge in [-0.2, -0.15) is 5.26 Å². The van der Waals surface area contributed by atoms with Gasteiger partial charge in [-0.3, -0.25) is 4.79 Å². The molecule has 32 heavy (non-hydrogen) atoms. The Morgan fingerprint density at radius 2 is 1.69 bits per heavy atom. The molecule has 0 aliphatic heterocycles. The molecule has 0 bridgehead atoms. The van der Waals surface area contributed by atoms with Crippen molar-refractivity contribution >= 4 is 11.9 Å². The fourth-order valence-corrected chi connectivity index (χ4v) is 4.54. The number of nitrogens with zero attached hydrogens (tertiary/aromatic N) is 2. The van der Waals surface area contributed by atoms with Crippen LogP contribution in [0.3, 0.4) is 0 Å². The number of nitriles is 1. The zero-order valence-corrected chi connectivity index (χ0v) is 19.2. The van der Waals surface area contributed by atoms with Gasteiger partial charge < -0.3 is 9.64 Å². The van der Waals surface area contributed by atoms with Gasteiger partial charge >= 0.3 is 5.97 Å². The van der Waals surface area contributed by atoms with Crippen molar-refractivity contribution in [1.82, 2.24) is 4.90 Å². The molecule has 2 aromatic carbocycles. The fraction of sp³-hybridized carbons (Fsp3) is 0.370. The minimum Gasteiger partial charge on any atom is -0.467 e. The molecule has 0 radical (unpaired) electrons. The van der Waals surface area contributed by atoms with E-state index in [0.717, 1.165) is 16.7 Å². The first-order valence-corrected chi connectivity index (χ1v) is 10.9. The van der Waals surface area contributed by atoms with E-state index in [4.69, 9.17) is 4.74 Å². The van der Waals surface area contributed by atoms with E-state index in [9.17, 15) is 14.9 Å². The van der Waals surface area contributed by atoms with Gasteiger partial charge in [-0.25, -0.2) is 4.79 Å². The van der Waals surface area contributed by atoms with Gasteiger partial charge in [-0.05, 0) is 44.7 Å². The number of benzene rings is 2. The van der Waals surface area contributed by atoms with Gasteiger partial charge in [0.25, 0.3) is 0 Å². The number of carbonyl (C=O) groups excluding carboxylic acids is 2. The van der Waals surface area contributed by atoms with Crippen LogP contribution in [0.4, 0.5) is 0 Å². The summed E-state index contributed by atoms with van der Waals surface area (Å²) in [5.74, 6) is -1.13. The van der Waals surface area contributed by atoms with Crippen LogP contribution in [-0.2, 0) is 20.9 Å². The quantitative estimate of drug-likeness (QED) is 0.478. The molecule has 0 N–H and O–H groups in total. The maximum absolute atomic E-state index is 14.2. The van der Waals surface area contributed by atoms with Crippen LogP contribution in [0.2, 0.25) is 0 Å². The zero-order valence-electron chi connectivity index (χ0n) is 19.2. The molecule has 0 unspecified atom stereocenters. The largest absolute Gasteiger partial charge is 0.467 e. The van der Waals surface area contributed by atoms with Crippen LogP contribution in [-0.4, -0.2) is 29.9 Å². The monoisotopic (exact) mass is 430 g/mol. The summed E-state index contributed by atoms with van der Waals surface area (Å²) in [5, 5.41) is 10.5. The maximum atomic E-state index is 14.2. The molecule has 0 saturated carbocycles. The van der Waals surface area contributed by atoms with Gasteiger partial charge in [-0.15, -0.1) is 0 Å². The number of esters is 1. The van der Waals surface area contributed by atoms with Gasteiger partial charge in [0.05, 0.1) is 13.2 Å². The fourth-order valence-electron chi connectivity index (χ4n) is 4.54. The van der Waals surface area contributed by atoms with E-state index in [0.29, 0.717) is 12.8 Å². The molecule has 3 rings (SSSR count). The van der Waals surface area contributed by atoms with Crippen molar-refractivity contribution in [2.24, 2.45) is 5.41 Å². The molecule has 5 nitrogen and oxygen atoms in total. The summed E-state index contributed by atoms with van der Waals surface area (Å²) in [6, 6.07) is 20.9. The molecule has 166 valence electrons. The average molecular weight is 431 g/mol. The Bertz CT molecular complexity index is 1040. The summed E-state index contributed by atoms with van der Waals surface area (Å²) >= 11 is 0. The van der Waals surface area contributed by atoms with Crippen LogP contribution in [0.15, 0.2) is 71.8 Å². The minimum absolute atomic E-state index is 0.225. The smallest absolute Gasteiger partial charge is 0.328 e. The maximum Gasteiger partial charge on any atom is 0.328 e. The van der Waals surface area contributed by atoms with E-state index in [-0.39, 0.29) is 18.4 Å². The first-order chi connectivity index (χ1) is 15.3. The lowest BCUT2D eigenvalue weighted by molar-refractivity contribution is -0.156. The summed E-state index contributed by atoms with van der Waals surface area (Å²) in [6.07, 6.45) is 0.966. The van der Waals surface area contributed by atoms with E-state index in [2.05, 4.69) is 13.0 Å². The predicted molar refractivity (Wildman–Crippen MR) is 123 cm³/mol. The zero-order chi connectivity index (χ0) is 23.3. The lowest BCUT2D eigenvalue weighted by Gasteiger charge is -2.43. The molecule has 0 heterocycles. The Morgan fingerprint density at radius 1 is 1.09 bits per heavy atom. The molecule has 1 amide bonds. The normalized spacial score (nSPS) is 21.4. The Labute approximate surface area is 190 Å². The second-order valence-corrected chi connectivity index (χ2v) is 8.61. The molecule has 0 saturated heterocycles. The van der Waals surface area contributed by atoms with E-state index in [1.54, 1.807) is 6.92 Å². The van der Waals surface area contributed by atoms with Crippen molar-refractivity contribution in [3.63, 3.8) is 0 Å². The Hall–Kier alpha value is -3.39. The minimum atomic E-state index is -1.30. The number of amides is 1. The van der Waals surface area contributed by atoms with Crippen molar-refractivity contribution in [3.8, 4) is 6.07 Å². The van der Waals surface area contributed by atoms with Crippen LogP contribution in [0, 0.1) is 16.7 Å². The lowest BCUT2D eigenvalue weighted by Crippen LogP contribution is -2.52. The predicted octanol–water partition coefficient (Wildman–Crippen LogP) is 5.00. The molecule has 0 aromatic heterocycles. The number of hydrogen-bond donors (Lipinski definition) is 0. The highest BCUT2D eigenvalue weighted by atomic mass is 16.5. The van der Waals surface area contributed by atoms with Crippen molar-refractivity contribution in [1.29, 1.82) is 5.26 Å². The second kappa shape index (κ2) is 9.82. The third kappa shape index (κ3) is 4.45. The van der Waals surface area contributed by atoms with Crippen molar-refractivity contribution < 1.29 is 14.3 Å². The van der Waals surface area contributed by atoms with Gasteiger partial charge in [0.15, 0.2) is 0 Å². The Balaban J connectivity index is 2.11. The standard InChI is InChI=1S/C27H30N2O3/c1-19-15-24(23-13-9-6-10-14-23)27(18-28,16-20(19)2)26(31)29(21(3)25(30)32-4)17-22-11-7-5-8-12-22/h5-14,21,24H,15-17H2,1-4H3/t21-,24-,27-/m0/s1. The summed E-state index contributed by atoms with van der Waals surface area (Å²) in [7, 11) is 1.31. The van der Waals surface area contributed by atoms with Crippen molar-refractivity contribution in [2.45, 2.75) is 52.1 Å². The number of hydrogen-bond acceptors (Lipinski definition) is 4. The van der Waals surface area contributed by atoms with Crippen LogP contribution >= 0.6 is 0 Å². The van der Waals surface area contributed by atoms with Gasteiger partial charge in [0, 0.05) is 12.5 Å². The third-order valence-corrected chi connectivity index (χ3v) is 6.63. The number of allylic oxidation sites excluding steroid dienone is 2. The number of rotatable bonds is 6. The van der Waals surface area contributed by atoms with Gasteiger partial charge in [0.2, 0.25) is 5.91 Å². The molecule has 1 aliphatic carbocycles. The molecule has 0 fully saturated rings. The second-order valence-electron chi connectivity index (χ2n) is 8.61. The van der Waals surface area contributed by atoms with Gasteiger partial charge in [-0.1, -0.05) is 71.8 Å². The Kier molecular flexibility index (Phi) is 7.15. The molecule has 3 atom stereocenters. The molecular weight excluding hydrogens is 400 g/mol. The van der Waals surface area contributed by atoms with Crippen LogP contribution in [0.1, 0.15) is 50.7 Å². The number of methoxy groups -OCH3 is 1. The molecule has 2 aromatic rings. The summed E-state index contributed by atoms with van der Waals surface area (Å²) in [5.41, 5.74) is 2.80.